The fourth-order valence-corrected chi connectivity index (χ4v) is 3.47. The van der Waals surface area contributed by atoms with Crippen LogP contribution in [0, 0.1) is 23.7 Å². The Morgan fingerprint density at radius 1 is 1.08 bits per heavy atom. The molecular formula is C20H24O4. The molecule has 2 aliphatic rings. The lowest BCUT2D eigenvalue weighted by Gasteiger charge is -2.15. The minimum Gasteiger partial charge on any atom is -0.458 e. The van der Waals surface area contributed by atoms with E-state index in [1.54, 1.807) is 0 Å². The fourth-order valence-electron chi connectivity index (χ4n) is 3.47. The zero-order chi connectivity index (χ0) is 17.4. The molecule has 4 unspecified atom stereocenters. The molecule has 0 aromatic carbocycles. The Hall–Kier alpha value is -2.36. The average Bonchev–Trinajstić information content (AvgIpc) is 3.18. The summed E-state index contributed by atoms with van der Waals surface area (Å²) >= 11 is 0. The molecule has 0 aromatic rings. The highest BCUT2D eigenvalue weighted by atomic mass is 16.5. The summed E-state index contributed by atoms with van der Waals surface area (Å²) in [5, 5.41) is 0. The van der Waals surface area contributed by atoms with Crippen molar-refractivity contribution in [1.82, 2.24) is 0 Å². The molecule has 0 aromatic heterocycles. The number of ether oxygens (including phenoxy) is 2. The van der Waals surface area contributed by atoms with Crippen LogP contribution in [0.4, 0.5) is 0 Å². The molecular weight excluding hydrogens is 304 g/mol. The summed E-state index contributed by atoms with van der Waals surface area (Å²) in [6.45, 7) is 7.68. The highest BCUT2D eigenvalue weighted by Gasteiger charge is 2.40. The lowest BCUT2D eigenvalue weighted by Crippen LogP contribution is -2.09. The van der Waals surface area contributed by atoms with E-state index in [0.717, 1.165) is 25.0 Å². The summed E-state index contributed by atoms with van der Waals surface area (Å²) in [4.78, 5) is 22.7. The lowest BCUT2D eigenvalue weighted by atomic mass is 9.90. The molecule has 0 bridgehead atoms. The molecule has 2 rings (SSSR count). The van der Waals surface area contributed by atoms with E-state index in [2.05, 4.69) is 37.5 Å². The highest BCUT2D eigenvalue weighted by Crippen LogP contribution is 2.48. The average molecular weight is 328 g/mol. The van der Waals surface area contributed by atoms with Gasteiger partial charge in [0.05, 0.1) is 0 Å². The highest BCUT2D eigenvalue weighted by molar-refractivity contribution is 5.91. The third kappa shape index (κ3) is 4.82. The summed E-state index contributed by atoms with van der Waals surface area (Å²) in [7, 11) is 0. The van der Waals surface area contributed by atoms with E-state index < -0.39 is 11.9 Å². The van der Waals surface area contributed by atoms with Crippen LogP contribution in [0.15, 0.2) is 61.8 Å². The Balaban J connectivity index is 1.72. The number of carbonyl (C=O) groups is 2. The van der Waals surface area contributed by atoms with E-state index in [0.29, 0.717) is 23.7 Å². The molecule has 0 radical (unpaired) electrons. The van der Waals surface area contributed by atoms with Crippen molar-refractivity contribution in [3.63, 3.8) is 0 Å². The van der Waals surface area contributed by atoms with Gasteiger partial charge in [0.15, 0.2) is 0 Å². The molecule has 0 heterocycles. The van der Waals surface area contributed by atoms with Crippen molar-refractivity contribution in [3.8, 4) is 0 Å². The first-order valence-corrected chi connectivity index (χ1v) is 8.24. The minimum atomic E-state index is -0.595. The van der Waals surface area contributed by atoms with Crippen molar-refractivity contribution in [2.75, 3.05) is 13.2 Å². The predicted molar refractivity (Wildman–Crippen MR) is 92.9 cm³/mol. The molecule has 4 heteroatoms. The van der Waals surface area contributed by atoms with Crippen LogP contribution in [0.2, 0.25) is 0 Å². The molecule has 0 amide bonds. The van der Waals surface area contributed by atoms with Gasteiger partial charge in [-0.3, -0.25) is 0 Å². The number of hydrogen-bond donors (Lipinski definition) is 0. The fraction of sp³-hybridized carbons (Fsp3) is 0.400. The van der Waals surface area contributed by atoms with Gasteiger partial charge in [0, 0.05) is 12.2 Å². The number of carbonyl (C=O) groups excluding carboxylic acids is 2. The van der Waals surface area contributed by atoms with Gasteiger partial charge < -0.3 is 9.47 Å². The Morgan fingerprint density at radius 3 is 2.46 bits per heavy atom. The van der Waals surface area contributed by atoms with Crippen molar-refractivity contribution >= 4 is 11.9 Å². The lowest BCUT2D eigenvalue weighted by molar-refractivity contribution is -0.139. The van der Waals surface area contributed by atoms with Gasteiger partial charge >= 0.3 is 11.9 Å². The Bertz CT molecular complexity index is 570. The summed E-state index contributed by atoms with van der Waals surface area (Å²) in [6.07, 6.45) is 16.4. The predicted octanol–water partition coefficient (Wildman–Crippen LogP) is 3.39. The minimum absolute atomic E-state index is 0.116. The third-order valence-corrected chi connectivity index (χ3v) is 4.56. The molecule has 24 heavy (non-hydrogen) atoms. The van der Waals surface area contributed by atoms with Crippen LogP contribution < -0.4 is 0 Å². The smallest absolute Gasteiger partial charge is 0.331 e. The monoisotopic (exact) mass is 328 g/mol. The van der Waals surface area contributed by atoms with Crippen LogP contribution in [0.5, 0.6) is 0 Å². The van der Waals surface area contributed by atoms with E-state index in [1.807, 2.05) is 6.08 Å². The first-order chi connectivity index (χ1) is 11.7. The second-order valence-electron chi connectivity index (χ2n) is 6.01. The van der Waals surface area contributed by atoms with Crippen LogP contribution in [0.3, 0.4) is 0 Å². The molecule has 1 fully saturated rings. The maximum atomic E-state index is 11.5. The number of esters is 2. The van der Waals surface area contributed by atoms with E-state index >= 15 is 0 Å². The third-order valence-electron chi connectivity index (χ3n) is 4.56. The first-order valence-electron chi connectivity index (χ1n) is 8.24. The molecule has 0 saturated heterocycles. The molecule has 2 aliphatic carbocycles. The van der Waals surface area contributed by atoms with Crippen molar-refractivity contribution in [2.24, 2.45) is 23.7 Å². The zero-order valence-corrected chi connectivity index (χ0v) is 13.8. The van der Waals surface area contributed by atoms with Gasteiger partial charge in [0.2, 0.25) is 0 Å². The van der Waals surface area contributed by atoms with Crippen LogP contribution >= 0.6 is 0 Å². The molecule has 1 saturated carbocycles. The van der Waals surface area contributed by atoms with Crippen molar-refractivity contribution < 1.29 is 19.1 Å². The Labute approximate surface area is 143 Å². The Kier molecular flexibility index (Phi) is 6.79. The van der Waals surface area contributed by atoms with Gasteiger partial charge in [-0.05, 0) is 36.5 Å². The quantitative estimate of drug-likeness (QED) is 0.389. The van der Waals surface area contributed by atoms with Crippen molar-refractivity contribution in [2.45, 2.75) is 12.8 Å². The number of allylic oxidation sites excluding steroid dienone is 4. The second-order valence-corrected chi connectivity index (χ2v) is 6.01. The standard InChI is InChI=1S/C20H24O4/c1-3-12-23-19(21)10-11-20(22)24-13-6-7-16-14-15(4-2)17-8-5-9-18(16)17/h3-7,9-11,15-18H,1-2,8,12-14H2/b7-6+,11-10+. The van der Waals surface area contributed by atoms with Crippen LogP contribution in [0.1, 0.15) is 12.8 Å². The maximum Gasteiger partial charge on any atom is 0.331 e. The normalized spacial score (nSPS) is 28.2. The molecule has 0 N–H and O–H groups in total. The number of rotatable bonds is 8. The van der Waals surface area contributed by atoms with Gasteiger partial charge in [-0.25, -0.2) is 9.59 Å². The summed E-state index contributed by atoms with van der Waals surface area (Å²) in [5.41, 5.74) is 0. The van der Waals surface area contributed by atoms with Gasteiger partial charge in [-0.15, -0.1) is 6.58 Å². The maximum absolute atomic E-state index is 11.5. The second kappa shape index (κ2) is 9.06. The van der Waals surface area contributed by atoms with Crippen molar-refractivity contribution in [1.29, 1.82) is 0 Å². The van der Waals surface area contributed by atoms with Crippen LogP contribution in [-0.4, -0.2) is 25.2 Å². The van der Waals surface area contributed by atoms with E-state index in [9.17, 15) is 9.59 Å². The molecule has 0 aliphatic heterocycles. The first kappa shape index (κ1) is 18.0. The molecule has 4 atom stereocenters. The van der Waals surface area contributed by atoms with E-state index in [1.165, 1.54) is 6.08 Å². The van der Waals surface area contributed by atoms with E-state index in [-0.39, 0.29) is 13.2 Å². The molecule has 128 valence electrons. The Morgan fingerprint density at radius 2 is 1.79 bits per heavy atom. The van der Waals surface area contributed by atoms with Gasteiger partial charge in [-0.2, -0.15) is 0 Å². The summed E-state index contributed by atoms with van der Waals surface area (Å²) < 4.78 is 9.76. The van der Waals surface area contributed by atoms with Crippen LogP contribution in [0.25, 0.3) is 0 Å². The molecule has 4 nitrogen and oxygen atoms in total. The van der Waals surface area contributed by atoms with Crippen LogP contribution in [-0.2, 0) is 19.1 Å². The van der Waals surface area contributed by atoms with E-state index in [4.69, 9.17) is 9.47 Å². The van der Waals surface area contributed by atoms with Gasteiger partial charge in [0.25, 0.3) is 0 Å². The summed E-state index contributed by atoms with van der Waals surface area (Å²) in [6, 6.07) is 0. The summed E-state index contributed by atoms with van der Waals surface area (Å²) in [5.74, 6) is 1.11. The van der Waals surface area contributed by atoms with Crippen molar-refractivity contribution in [3.05, 3.63) is 61.8 Å². The zero-order valence-electron chi connectivity index (χ0n) is 13.8. The van der Waals surface area contributed by atoms with Gasteiger partial charge in [0.1, 0.15) is 13.2 Å². The molecule has 0 spiro atoms. The number of hydrogen-bond acceptors (Lipinski definition) is 4. The van der Waals surface area contributed by atoms with Gasteiger partial charge in [-0.1, -0.05) is 43.0 Å². The topological polar surface area (TPSA) is 52.6 Å². The number of fused-ring (bicyclic) bond motifs is 1. The largest absolute Gasteiger partial charge is 0.458 e. The SMILES string of the molecule is C=CCOC(=O)/C=C/C(=O)OC/C=C/C1CC(C=C)C2CC=CC12.